The van der Waals surface area contributed by atoms with Gasteiger partial charge in [-0.1, -0.05) is 32.4 Å². The van der Waals surface area contributed by atoms with Crippen LogP contribution in [0, 0.1) is 5.41 Å². The summed E-state index contributed by atoms with van der Waals surface area (Å²) in [6.07, 6.45) is 1.58. The first-order valence-electron chi connectivity index (χ1n) is 11.2. The molecule has 3 aromatic rings. The van der Waals surface area contributed by atoms with Gasteiger partial charge in [0.2, 0.25) is 0 Å². The molecule has 180 valence electrons. The third-order valence-corrected chi connectivity index (χ3v) is 7.74. The molecule has 0 unspecified atom stereocenters. The zero-order valence-corrected chi connectivity index (χ0v) is 22.5. The number of halogens is 1. The Morgan fingerprint density at radius 3 is 2.37 bits per heavy atom. The number of hydrogen-bond acceptors (Lipinski definition) is 6. The standard InChI is InChI=1S/C21H27B4ClN4O4S/c1-19(2,3)17(32)30-15(27-10-11-6-7-14(26)35-11)9-13(28-30)12-5-4-8-29(16(12)31)21(24,25)20(22,23)18(33)34/h4-9,27H,10,22-25H2,1-3H3,(H,33,34). The summed E-state index contributed by atoms with van der Waals surface area (Å²) in [5, 5.41) is 15.2. The number of anilines is 1. The number of pyridine rings is 1. The molecule has 35 heavy (non-hydrogen) atoms. The molecule has 0 aromatic carbocycles. The van der Waals surface area contributed by atoms with Gasteiger partial charge in [0.05, 0.1) is 16.4 Å². The Morgan fingerprint density at radius 2 is 1.83 bits per heavy atom. The van der Waals surface area contributed by atoms with Gasteiger partial charge in [0.15, 0.2) is 0 Å². The molecular weight excluding hydrogens is 483 g/mol. The molecule has 0 saturated heterocycles. The number of carbonyl (C=O) groups excluding carboxylic acids is 1. The van der Waals surface area contributed by atoms with Crippen LogP contribution in [0.5, 0.6) is 0 Å². The summed E-state index contributed by atoms with van der Waals surface area (Å²) in [6.45, 7) is 5.82. The highest BCUT2D eigenvalue weighted by Crippen LogP contribution is 2.33. The van der Waals surface area contributed by atoms with Crippen LogP contribution in [-0.2, 0) is 16.7 Å². The molecule has 0 fully saturated rings. The van der Waals surface area contributed by atoms with E-state index in [0.29, 0.717) is 22.4 Å². The highest BCUT2D eigenvalue weighted by atomic mass is 35.5. The maximum atomic E-state index is 13.6. The van der Waals surface area contributed by atoms with E-state index in [-0.39, 0.29) is 11.5 Å². The molecule has 8 nitrogen and oxygen atoms in total. The summed E-state index contributed by atoms with van der Waals surface area (Å²) in [6, 6.07) is 8.67. The monoisotopic (exact) mass is 510 g/mol. The van der Waals surface area contributed by atoms with Crippen molar-refractivity contribution in [3.8, 4) is 11.3 Å². The van der Waals surface area contributed by atoms with Crippen molar-refractivity contribution in [2.24, 2.45) is 5.41 Å². The van der Waals surface area contributed by atoms with Crippen molar-refractivity contribution in [2.45, 2.75) is 37.9 Å². The molecule has 3 aromatic heterocycles. The van der Waals surface area contributed by atoms with Crippen LogP contribution in [0.4, 0.5) is 5.82 Å². The average molecular weight is 510 g/mol. The van der Waals surface area contributed by atoms with Crippen LogP contribution in [0.1, 0.15) is 30.4 Å². The van der Waals surface area contributed by atoms with Crippen LogP contribution in [0.25, 0.3) is 11.3 Å². The number of aliphatic carboxylic acids is 1. The Morgan fingerprint density at radius 1 is 1.17 bits per heavy atom. The summed E-state index contributed by atoms with van der Waals surface area (Å²) >= 11 is 7.46. The van der Waals surface area contributed by atoms with Gasteiger partial charge in [0.25, 0.3) is 17.4 Å². The van der Waals surface area contributed by atoms with E-state index >= 15 is 0 Å². The van der Waals surface area contributed by atoms with Gasteiger partial charge in [-0.25, -0.2) is 0 Å². The van der Waals surface area contributed by atoms with Crippen LogP contribution in [0.2, 0.25) is 9.55 Å². The molecule has 0 aliphatic rings. The van der Waals surface area contributed by atoms with Crippen LogP contribution >= 0.6 is 22.9 Å². The lowest BCUT2D eigenvalue weighted by molar-refractivity contribution is -0.139. The minimum Gasteiger partial charge on any atom is -0.482 e. The Hall–Kier alpha value is -2.65. The molecule has 3 heterocycles. The number of carboxylic acid groups (broad SMARTS) is 1. The Bertz CT molecular complexity index is 1340. The Labute approximate surface area is 216 Å². The van der Waals surface area contributed by atoms with Crippen molar-refractivity contribution in [1.82, 2.24) is 14.3 Å². The molecule has 2 N–H and O–H groups in total. The van der Waals surface area contributed by atoms with Crippen LogP contribution in [0.3, 0.4) is 0 Å². The molecule has 14 heteroatoms. The van der Waals surface area contributed by atoms with E-state index in [0.717, 1.165) is 4.88 Å². The number of carbonyl (C=O) groups is 2. The molecule has 0 aliphatic carbocycles. The van der Waals surface area contributed by atoms with E-state index in [1.165, 1.54) is 20.6 Å². The molecule has 0 bridgehead atoms. The van der Waals surface area contributed by atoms with Crippen LogP contribution < -0.4 is 10.9 Å². The summed E-state index contributed by atoms with van der Waals surface area (Å²) in [5.41, 5.74) is -0.519. The van der Waals surface area contributed by atoms with Crippen molar-refractivity contribution in [2.75, 3.05) is 5.32 Å². The quantitative estimate of drug-likeness (QED) is 0.436. The van der Waals surface area contributed by atoms with E-state index in [1.807, 2.05) is 6.07 Å². The zero-order chi connectivity index (χ0) is 26.3. The van der Waals surface area contributed by atoms with Gasteiger partial charge in [0.1, 0.15) is 42.9 Å². The SMILES string of the molecule is BC(B)(C(=O)O)C(B)(B)n1cccc(-c2cc(NCc3ccc(Cl)s3)n(C(=O)C(C)(C)C)n2)c1=O. The zero-order valence-electron chi connectivity index (χ0n) is 21.0. The molecule has 0 aliphatic heterocycles. The van der Waals surface area contributed by atoms with E-state index in [2.05, 4.69) is 10.4 Å². The second-order valence-electron chi connectivity index (χ2n) is 10.5. The predicted molar refractivity (Wildman–Crippen MR) is 151 cm³/mol. The number of rotatable bonds is 7. The second kappa shape index (κ2) is 9.43. The molecule has 3 rings (SSSR count). The lowest BCUT2D eigenvalue weighted by Crippen LogP contribution is -2.55. The van der Waals surface area contributed by atoms with Gasteiger partial charge in [-0.2, -0.15) is 9.78 Å². The predicted octanol–water partition coefficient (Wildman–Crippen LogP) is 0.0686. The van der Waals surface area contributed by atoms with Crippen molar-refractivity contribution < 1.29 is 14.7 Å². The number of nitrogens with one attached hydrogen (secondary N) is 1. The van der Waals surface area contributed by atoms with Gasteiger partial charge in [-0.3, -0.25) is 14.4 Å². The largest absolute Gasteiger partial charge is 0.482 e. The van der Waals surface area contributed by atoms with Gasteiger partial charge in [-0.15, -0.1) is 11.3 Å². The van der Waals surface area contributed by atoms with E-state index in [4.69, 9.17) is 11.6 Å². The third-order valence-electron chi connectivity index (χ3n) is 6.51. The van der Waals surface area contributed by atoms with Crippen LogP contribution in [-0.4, -0.2) is 62.7 Å². The van der Waals surface area contributed by atoms with Gasteiger partial charge in [-0.05, 0) is 29.6 Å². The first kappa shape index (κ1) is 26.9. The van der Waals surface area contributed by atoms with Gasteiger partial charge in [0, 0.05) is 27.8 Å². The summed E-state index contributed by atoms with van der Waals surface area (Å²) in [5.74, 6) is -0.802. The van der Waals surface area contributed by atoms with Gasteiger partial charge >= 0.3 is 0 Å². The van der Waals surface area contributed by atoms with Crippen LogP contribution in [0.15, 0.2) is 41.3 Å². The second-order valence-corrected chi connectivity index (χ2v) is 12.3. The highest BCUT2D eigenvalue weighted by molar-refractivity contribution is 7.16. The van der Waals surface area contributed by atoms with E-state index in [1.54, 1.807) is 82.6 Å². The minimum absolute atomic E-state index is 0.237. The number of hydrogen-bond donors (Lipinski definition) is 2. The highest BCUT2D eigenvalue weighted by Gasteiger charge is 2.44. The normalized spacial score (nSPS) is 12.5. The maximum Gasteiger partial charge on any atom is 0.294 e. The first-order chi connectivity index (χ1) is 16.1. The smallest absolute Gasteiger partial charge is 0.294 e. The first-order valence-corrected chi connectivity index (χ1v) is 12.4. The number of carboxylic acids is 1. The lowest BCUT2D eigenvalue weighted by Gasteiger charge is -2.40. The van der Waals surface area contributed by atoms with Crippen molar-refractivity contribution >= 4 is 72.0 Å². The maximum absolute atomic E-state index is 13.6. The minimum atomic E-state index is -1.23. The summed E-state index contributed by atoms with van der Waals surface area (Å²) in [4.78, 5) is 39.6. The van der Waals surface area contributed by atoms with Crippen molar-refractivity contribution in [1.29, 1.82) is 0 Å². The van der Waals surface area contributed by atoms with E-state index < -0.39 is 27.5 Å². The lowest BCUT2D eigenvalue weighted by atomic mass is 9.33. The topological polar surface area (TPSA) is 106 Å². The Kier molecular flexibility index (Phi) is 7.26. The van der Waals surface area contributed by atoms with Crippen molar-refractivity contribution in [3.63, 3.8) is 0 Å². The fourth-order valence-corrected chi connectivity index (χ4v) is 4.45. The Balaban J connectivity index is 2.10. The molecule has 0 spiro atoms. The van der Waals surface area contributed by atoms with E-state index in [9.17, 15) is 19.5 Å². The summed E-state index contributed by atoms with van der Waals surface area (Å²) < 4.78 is 3.37. The molecule has 0 saturated carbocycles. The molecule has 0 atom stereocenters. The molecule has 0 radical (unpaired) electrons. The molecule has 0 amide bonds. The summed E-state index contributed by atoms with van der Waals surface area (Å²) in [7, 11) is 6.61. The van der Waals surface area contributed by atoms with Crippen molar-refractivity contribution in [3.05, 3.63) is 56.1 Å². The third kappa shape index (κ3) is 5.16. The fourth-order valence-electron chi connectivity index (χ4n) is 3.43. The number of thiophene rings is 1. The number of nitrogens with zero attached hydrogens (tertiary/aromatic N) is 3. The average Bonchev–Trinajstić information content (AvgIpc) is 3.36. The number of aromatic nitrogens is 3. The molecular formula is C21H27B4ClN4O4S. The van der Waals surface area contributed by atoms with Gasteiger partial charge < -0.3 is 15.0 Å². The fraction of sp³-hybridized carbons (Fsp3) is 0.333.